The normalized spacial score (nSPS) is 35.4. The van der Waals surface area contributed by atoms with Crippen molar-refractivity contribution in [2.24, 2.45) is 16.7 Å². The summed E-state index contributed by atoms with van der Waals surface area (Å²) in [4.78, 5) is 4.15. The first-order chi connectivity index (χ1) is 9.27. The molecule has 4 nitrogen and oxygen atoms in total. The Labute approximate surface area is 121 Å². The van der Waals surface area contributed by atoms with Crippen molar-refractivity contribution in [1.82, 2.24) is 9.71 Å². The number of aromatic nitrogens is 1. The van der Waals surface area contributed by atoms with E-state index in [0.717, 1.165) is 12.8 Å². The van der Waals surface area contributed by atoms with Gasteiger partial charge in [0.15, 0.2) is 0 Å². The van der Waals surface area contributed by atoms with E-state index in [4.69, 9.17) is 0 Å². The molecule has 0 saturated heterocycles. The molecule has 0 spiro atoms. The van der Waals surface area contributed by atoms with Gasteiger partial charge < -0.3 is 0 Å². The molecule has 0 amide bonds. The molecular formula is C15H22N2O2S. The highest BCUT2D eigenvalue weighted by molar-refractivity contribution is 7.89. The third-order valence-corrected chi connectivity index (χ3v) is 7.49. The molecular weight excluding hydrogens is 272 g/mol. The smallest absolute Gasteiger partial charge is 0.242 e. The van der Waals surface area contributed by atoms with Crippen molar-refractivity contribution in [2.45, 2.75) is 51.0 Å². The van der Waals surface area contributed by atoms with E-state index in [-0.39, 0.29) is 21.8 Å². The third kappa shape index (κ3) is 1.83. The topological polar surface area (TPSA) is 59.1 Å². The van der Waals surface area contributed by atoms with E-state index < -0.39 is 10.0 Å². The van der Waals surface area contributed by atoms with E-state index >= 15 is 0 Å². The molecule has 1 aromatic heterocycles. The minimum atomic E-state index is -3.47. The summed E-state index contributed by atoms with van der Waals surface area (Å²) in [6.45, 7) is 6.79. The highest BCUT2D eigenvalue weighted by atomic mass is 32.2. The lowest BCUT2D eigenvalue weighted by Gasteiger charge is -2.39. The van der Waals surface area contributed by atoms with Crippen molar-refractivity contribution in [2.75, 3.05) is 0 Å². The minimum Gasteiger partial charge on any atom is -0.263 e. The van der Waals surface area contributed by atoms with Crippen LogP contribution in [0.25, 0.3) is 0 Å². The monoisotopic (exact) mass is 294 g/mol. The van der Waals surface area contributed by atoms with Gasteiger partial charge >= 0.3 is 0 Å². The van der Waals surface area contributed by atoms with E-state index in [1.54, 1.807) is 18.3 Å². The van der Waals surface area contributed by atoms with Crippen molar-refractivity contribution in [3.63, 3.8) is 0 Å². The molecule has 5 heteroatoms. The summed E-state index contributed by atoms with van der Waals surface area (Å²) in [5.74, 6) is 0.620. The van der Waals surface area contributed by atoms with Crippen LogP contribution in [0.2, 0.25) is 0 Å². The SMILES string of the molecule is CC1(C)C2CCC1(C)C(NS(=O)(=O)c1cccnc1)C2. The van der Waals surface area contributed by atoms with Crippen LogP contribution in [-0.2, 0) is 10.0 Å². The van der Waals surface area contributed by atoms with Crippen molar-refractivity contribution in [1.29, 1.82) is 0 Å². The lowest BCUT2D eigenvalue weighted by molar-refractivity contribution is 0.130. The Morgan fingerprint density at radius 3 is 2.60 bits per heavy atom. The van der Waals surface area contributed by atoms with E-state index in [1.807, 2.05) is 0 Å². The third-order valence-electron chi connectivity index (χ3n) is 6.04. The van der Waals surface area contributed by atoms with Crippen LogP contribution in [0, 0.1) is 16.7 Å². The second-order valence-electron chi connectivity index (χ2n) is 6.97. The first-order valence-corrected chi connectivity index (χ1v) is 8.68. The zero-order valence-electron chi connectivity index (χ0n) is 12.3. The molecule has 2 bridgehead atoms. The molecule has 0 radical (unpaired) electrons. The predicted molar refractivity (Wildman–Crippen MR) is 77.6 cm³/mol. The van der Waals surface area contributed by atoms with Gasteiger partial charge in [-0.05, 0) is 48.1 Å². The van der Waals surface area contributed by atoms with Crippen LogP contribution in [0.15, 0.2) is 29.4 Å². The van der Waals surface area contributed by atoms with E-state index in [1.165, 1.54) is 12.6 Å². The molecule has 3 rings (SSSR count). The molecule has 1 heterocycles. The number of hydrogen-bond donors (Lipinski definition) is 1. The Bertz CT molecular complexity index is 612. The summed E-state index contributed by atoms with van der Waals surface area (Å²) in [5, 5.41) is 0. The van der Waals surface area contributed by atoms with Gasteiger partial charge in [0.05, 0.1) is 0 Å². The van der Waals surface area contributed by atoms with Gasteiger partial charge in [0.2, 0.25) is 10.0 Å². The molecule has 2 aliphatic carbocycles. The number of rotatable bonds is 3. The zero-order valence-corrected chi connectivity index (χ0v) is 13.1. The largest absolute Gasteiger partial charge is 0.263 e. The highest BCUT2D eigenvalue weighted by Crippen LogP contribution is 2.65. The fourth-order valence-electron chi connectivity index (χ4n) is 4.14. The molecule has 20 heavy (non-hydrogen) atoms. The number of fused-ring (bicyclic) bond motifs is 2. The molecule has 0 aliphatic heterocycles. The average molecular weight is 294 g/mol. The zero-order chi connectivity index (χ0) is 14.6. The quantitative estimate of drug-likeness (QED) is 0.932. The van der Waals surface area contributed by atoms with Crippen LogP contribution >= 0.6 is 0 Å². The predicted octanol–water partition coefficient (Wildman–Crippen LogP) is 2.57. The standard InChI is InChI=1S/C15H22N2O2S/c1-14(2)11-6-7-15(14,3)13(9-11)17-20(18,19)12-5-4-8-16-10-12/h4-5,8,10-11,13,17H,6-7,9H2,1-3H3. The van der Waals surface area contributed by atoms with E-state index in [2.05, 4.69) is 30.5 Å². The fourth-order valence-corrected chi connectivity index (χ4v) is 5.47. The lowest BCUT2D eigenvalue weighted by atomic mass is 9.69. The maximum atomic E-state index is 12.5. The maximum absolute atomic E-state index is 12.5. The Morgan fingerprint density at radius 2 is 2.10 bits per heavy atom. The van der Waals surface area contributed by atoms with E-state index in [0.29, 0.717) is 5.92 Å². The average Bonchev–Trinajstić information content (AvgIpc) is 2.72. The molecule has 2 fully saturated rings. The first kappa shape index (κ1) is 14.0. The van der Waals surface area contributed by atoms with Crippen LogP contribution in [0.3, 0.4) is 0 Å². The summed E-state index contributed by atoms with van der Waals surface area (Å²) < 4.78 is 27.9. The summed E-state index contributed by atoms with van der Waals surface area (Å²) in [5.41, 5.74) is 0.252. The van der Waals surface area contributed by atoms with E-state index in [9.17, 15) is 8.42 Å². The van der Waals surface area contributed by atoms with Crippen LogP contribution in [-0.4, -0.2) is 19.4 Å². The van der Waals surface area contributed by atoms with Crippen molar-refractivity contribution < 1.29 is 8.42 Å². The number of pyridine rings is 1. The second kappa shape index (κ2) is 4.28. The molecule has 2 saturated carbocycles. The number of hydrogen-bond acceptors (Lipinski definition) is 3. The van der Waals surface area contributed by atoms with Crippen LogP contribution in [0.5, 0.6) is 0 Å². The molecule has 3 atom stereocenters. The second-order valence-corrected chi connectivity index (χ2v) is 8.69. The molecule has 3 unspecified atom stereocenters. The number of sulfonamides is 1. The summed E-state index contributed by atoms with van der Waals surface area (Å²) in [6, 6.07) is 3.28. The van der Waals surface area contributed by atoms with Crippen molar-refractivity contribution in [3.05, 3.63) is 24.5 Å². The highest BCUT2D eigenvalue weighted by Gasteiger charge is 2.61. The summed E-state index contributed by atoms with van der Waals surface area (Å²) in [6.07, 6.45) is 6.26. The van der Waals surface area contributed by atoms with Crippen LogP contribution < -0.4 is 4.72 Å². The van der Waals surface area contributed by atoms with Gasteiger partial charge in [0.1, 0.15) is 4.90 Å². The summed E-state index contributed by atoms with van der Waals surface area (Å²) >= 11 is 0. The summed E-state index contributed by atoms with van der Waals surface area (Å²) in [7, 11) is -3.47. The van der Waals surface area contributed by atoms with Gasteiger partial charge in [-0.25, -0.2) is 13.1 Å². The minimum absolute atomic E-state index is 0.0291. The van der Waals surface area contributed by atoms with Gasteiger partial charge in [-0.15, -0.1) is 0 Å². The molecule has 1 aromatic rings. The Kier molecular flexibility index (Phi) is 3.00. The fraction of sp³-hybridized carbons (Fsp3) is 0.667. The first-order valence-electron chi connectivity index (χ1n) is 7.20. The van der Waals surface area contributed by atoms with Crippen molar-refractivity contribution >= 4 is 10.0 Å². The number of nitrogens with one attached hydrogen (secondary N) is 1. The van der Waals surface area contributed by atoms with Crippen LogP contribution in [0.1, 0.15) is 40.0 Å². The Hall–Kier alpha value is -0.940. The molecule has 0 aromatic carbocycles. The Morgan fingerprint density at radius 1 is 1.35 bits per heavy atom. The van der Waals surface area contributed by atoms with Crippen molar-refractivity contribution in [3.8, 4) is 0 Å². The van der Waals surface area contributed by atoms with Crippen LogP contribution in [0.4, 0.5) is 0 Å². The van der Waals surface area contributed by atoms with Gasteiger partial charge in [-0.1, -0.05) is 20.8 Å². The molecule has 2 aliphatic rings. The van der Waals surface area contributed by atoms with Gasteiger partial charge in [-0.3, -0.25) is 4.98 Å². The molecule has 1 N–H and O–H groups in total. The van der Waals surface area contributed by atoms with Gasteiger partial charge in [0.25, 0.3) is 0 Å². The Balaban J connectivity index is 1.87. The van der Waals surface area contributed by atoms with Gasteiger partial charge in [0, 0.05) is 18.4 Å². The number of nitrogens with zero attached hydrogens (tertiary/aromatic N) is 1. The maximum Gasteiger partial charge on any atom is 0.242 e. The van der Waals surface area contributed by atoms with Gasteiger partial charge in [-0.2, -0.15) is 0 Å². The lowest BCUT2D eigenvalue weighted by Crippen LogP contribution is -2.46. The molecule has 110 valence electrons.